The minimum absolute atomic E-state index is 0.373. The molecule has 2 heterocycles. The molecule has 0 amide bonds. The highest BCUT2D eigenvalue weighted by Crippen LogP contribution is 2.24. The van der Waals surface area contributed by atoms with Crippen molar-refractivity contribution in [1.29, 1.82) is 0 Å². The Hall–Kier alpha value is -2.51. The maximum atomic E-state index is 5.17. The van der Waals surface area contributed by atoms with E-state index < -0.39 is 0 Å². The average Bonchev–Trinajstić information content (AvgIpc) is 3.20. The molecule has 5 nitrogen and oxygen atoms in total. The van der Waals surface area contributed by atoms with E-state index in [1.54, 1.807) is 24.6 Å². The first-order valence-electron chi connectivity index (χ1n) is 6.87. The van der Waals surface area contributed by atoms with Crippen LogP contribution in [-0.4, -0.2) is 16.3 Å². The molecule has 0 aliphatic heterocycles. The van der Waals surface area contributed by atoms with Crippen LogP contribution in [0, 0.1) is 6.92 Å². The van der Waals surface area contributed by atoms with E-state index >= 15 is 0 Å². The molecule has 3 rings (SSSR count). The first-order valence-corrected chi connectivity index (χ1v) is 8.15. The molecule has 2 aromatic heterocycles. The number of thiazole rings is 1. The summed E-state index contributed by atoms with van der Waals surface area (Å²) in [5, 5.41) is 10.1. The van der Waals surface area contributed by atoms with Gasteiger partial charge in [0.05, 0.1) is 18.2 Å². The van der Waals surface area contributed by atoms with Gasteiger partial charge in [0, 0.05) is 10.9 Å². The van der Waals surface area contributed by atoms with Crippen molar-refractivity contribution in [2.24, 2.45) is 5.10 Å². The fourth-order valence-corrected chi connectivity index (χ4v) is 2.77. The van der Waals surface area contributed by atoms with Gasteiger partial charge >= 0.3 is 0 Å². The molecule has 0 radical (unpaired) electrons. The lowest BCUT2D eigenvalue weighted by Crippen LogP contribution is -2.23. The fraction of sp³-hybridized carbons (Fsp3) is 0.0625. The molecule has 23 heavy (non-hydrogen) atoms. The number of hydrazone groups is 1. The normalized spacial score (nSPS) is 10.8. The molecule has 3 aromatic rings. The maximum absolute atomic E-state index is 5.17. The van der Waals surface area contributed by atoms with Gasteiger partial charge in [-0.1, -0.05) is 29.8 Å². The second-order valence-electron chi connectivity index (χ2n) is 4.74. The Bertz CT molecular complexity index is 807. The Balaban J connectivity index is 1.58. The number of nitrogens with one attached hydrogen (secondary N) is 2. The minimum atomic E-state index is 0.373. The summed E-state index contributed by atoms with van der Waals surface area (Å²) in [5.74, 6) is 0.649. The van der Waals surface area contributed by atoms with Gasteiger partial charge in [0.15, 0.2) is 10.2 Å². The molecule has 0 bridgehead atoms. The number of aryl methyl sites for hydroxylation is 1. The van der Waals surface area contributed by atoms with Crippen molar-refractivity contribution in [3.8, 4) is 11.3 Å². The first kappa shape index (κ1) is 15.4. The second-order valence-corrected chi connectivity index (χ2v) is 6.01. The number of aromatic nitrogens is 1. The number of anilines is 1. The van der Waals surface area contributed by atoms with Crippen LogP contribution in [0.3, 0.4) is 0 Å². The van der Waals surface area contributed by atoms with Crippen LogP contribution in [0.5, 0.6) is 0 Å². The summed E-state index contributed by atoms with van der Waals surface area (Å²) in [7, 11) is 0. The van der Waals surface area contributed by atoms with E-state index in [-0.39, 0.29) is 0 Å². The zero-order valence-electron chi connectivity index (χ0n) is 12.3. The SMILES string of the molecule is Cc1ccc(-c2csc(NC(=S)NN=Cc3ccco3)n2)cc1. The number of thiocarbonyl (C=S) groups is 1. The van der Waals surface area contributed by atoms with E-state index in [2.05, 4.69) is 52.0 Å². The summed E-state index contributed by atoms with van der Waals surface area (Å²) >= 11 is 6.66. The van der Waals surface area contributed by atoms with E-state index in [9.17, 15) is 0 Å². The Morgan fingerprint density at radius 2 is 2.13 bits per heavy atom. The van der Waals surface area contributed by atoms with Gasteiger partial charge in [-0.15, -0.1) is 11.3 Å². The van der Waals surface area contributed by atoms with Crippen molar-refractivity contribution < 1.29 is 4.42 Å². The fourth-order valence-electron chi connectivity index (χ4n) is 1.83. The van der Waals surface area contributed by atoms with Gasteiger partial charge in [0.1, 0.15) is 5.76 Å². The van der Waals surface area contributed by atoms with Crippen molar-refractivity contribution >= 4 is 40.0 Å². The van der Waals surface area contributed by atoms with Crippen molar-refractivity contribution in [2.45, 2.75) is 6.92 Å². The Morgan fingerprint density at radius 3 is 2.87 bits per heavy atom. The van der Waals surface area contributed by atoms with E-state index in [0.29, 0.717) is 16.0 Å². The Kier molecular flexibility index (Phi) is 4.80. The lowest BCUT2D eigenvalue weighted by Gasteiger charge is -2.02. The number of hydrogen-bond acceptors (Lipinski definition) is 5. The smallest absolute Gasteiger partial charge is 0.193 e. The average molecular weight is 342 g/mol. The molecule has 1 aromatic carbocycles. The molecular formula is C16H14N4OS2. The molecule has 0 unspecified atom stereocenters. The molecule has 0 spiro atoms. The van der Waals surface area contributed by atoms with Gasteiger partial charge in [-0.05, 0) is 31.3 Å². The van der Waals surface area contributed by atoms with Crippen LogP contribution in [0.15, 0.2) is 57.6 Å². The highest BCUT2D eigenvalue weighted by molar-refractivity contribution is 7.80. The van der Waals surface area contributed by atoms with Gasteiger partial charge in [-0.2, -0.15) is 5.10 Å². The van der Waals surface area contributed by atoms with E-state index in [4.69, 9.17) is 16.6 Å². The predicted octanol–water partition coefficient (Wildman–Crippen LogP) is 4.03. The van der Waals surface area contributed by atoms with Gasteiger partial charge in [0.2, 0.25) is 0 Å². The van der Waals surface area contributed by atoms with Crippen LogP contribution in [0.2, 0.25) is 0 Å². The molecule has 0 saturated heterocycles. The van der Waals surface area contributed by atoms with E-state index in [1.807, 2.05) is 5.38 Å². The number of hydrogen-bond donors (Lipinski definition) is 2. The van der Waals surface area contributed by atoms with Crippen LogP contribution >= 0.6 is 23.6 Å². The largest absolute Gasteiger partial charge is 0.463 e. The molecule has 0 aliphatic rings. The quantitative estimate of drug-likeness (QED) is 0.426. The Labute approximate surface area is 143 Å². The van der Waals surface area contributed by atoms with Crippen LogP contribution < -0.4 is 10.7 Å². The lowest BCUT2D eigenvalue weighted by atomic mass is 10.1. The zero-order chi connectivity index (χ0) is 16.1. The lowest BCUT2D eigenvalue weighted by molar-refractivity contribution is 0.560. The van der Waals surface area contributed by atoms with Gasteiger partial charge in [0.25, 0.3) is 0 Å². The highest BCUT2D eigenvalue weighted by Gasteiger charge is 2.05. The van der Waals surface area contributed by atoms with Crippen molar-refractivity contribution in [1.82, 2.24) is 10.4 Å². The van der Waals surface area contributed by atoms with Crippen molar-refractivity contribution in [2.75, 3.05) is 5.32 Å². The third-order valence-corrected chi connectivity index (χ3v) is 3.92. The number of benzene rings is 1. The topological polar surface area (TPSA) is 62.5 Å². The zero-order valence-corrected chi connectivity index (χ0v) is 13.9. The molecular weight excluding hydrogens is 328 g/mol. The van der Waals surface area contributed by atoms with Gasteiger partial charge < -0.3 is 9.73 Å². The molecule has 116 valence electrons. The third-order valence-electron chi connectivity index (χ3n) is 2.97. The summed E-state index contributed by atoms with van der Waals surface area (Å²) in [6.45, 7) is 2.06. The summed E-state index contributed by atoms with van der Waals surface area (Å²) in [6, 6.07) is 11.8. The molecule has 0 atom stereocenters. The first-order chi connectivity index (χ1) is 11.2. The van der Waals surface area contributed by atoms with Crippen LogP contribution in [0.1, 0.15) is 11.3 Å². The highest BCUT2D eigenvalue weighted by atomic mass is 32.1. The Morgan fingerprint density at radius 1 is 1.30 bits per heavy atom. The standard InChI is InChI=1S/C16H14N4OS2/c1-11-4-6-12(7-5-11)14-10-23-16(18-14)19-15(22)20-17-9-13-3-2-8-21-13/h2-10H,1H3,(H2,18,19,20,22). The third kappa shape index (κ3) is 4.24. The van der Waals surface area contributed by atoms with Gasteiger partial charge in [-0.25, -0.2) is 4.98 Å². The summed E-state index contributed by atoms with van der Waals surface area (Å²) in [6.07, 6.45) is 3.13. The van der Waals surface area contributed by atoms with Gasteiger partial charge in [-0.3, -0.25) is 5.43 Å². The summed E-state index contributed by atoms with van der Waals surface area (Å²) in [4.78, 5) is 4.52. The number of rotatable bonds is 4. The summed E-state index contributed by atoms with van der Waals surface area (Å²) < 4.78 is 5.13. The number of furan rings is 1. The van der Waals surface area contributed by atoms with Crippen molar-refractivity contribution in [3.05, 3.63) is 59.4 Å². The second kappa shape index (κ2) is 7.17. The molecule has 0 aliphatic carbocycles. The van der Waals surface area contributed by atoms with E-state index in [1.165, 1.54) is 16.9 Å². The minimum Gasteiger partial charge on any atom is -0.463 e. The van der Waals surface area contributed by atoms with Crippen LogP contribution in [-0.2, 0) is 0 Å². The molecule has 2 N–H and O–H groups in total. The van der Waals surface area contributed by atoms with Crippen LogP contribution in [0.4, 0.5) is 5.13 Å². The molecule has 0 fully saturated rings. The molecule has 0 saturated carbocycles. The van der Waals surface area contributed by atoms with Crippen molar-refractivity contribution in [3.63, 3.8) is 0 Å². The van der Waals surface area contributed by atoms with E-state index in [0.717, 1.165) is 11.3 Å². The van der Waals surface area contributed by atoms with Crippen LogP contribution in [0.25, 0.3) is 11.3 Å². The summed E-state index contributed by atoms with van der Waals surface area (Å²) in [5.41, 5.74) is 5.94. The maximum Gasteiger partial charge on any atom is 0.193 e. The monoisotopic (exact) mass is 342 g/mol. The molecule has 7 heteroatoms. The number of nitrogens with zero attached hydrogens (tertiary/aromatic N) is 2. The predicted molar refractivity (Wildman–Crippen MR) is 97.9 cm³/mol.